The topological polar surface area (TPSA) is 128 Å². The van der Waals surface area contributed by atoms with E-state index in [1.165, 1.54) is 11.3 Å². The number of carboxylic acid groups (broad SMARTS) is 1. The van der Waals surface area contributed by atoms with Crippen LogP contribution in [0.15, 0.2) is 18.2 Å². The van der Waals surface area contributed by atoms with Crippen LogP contribution in [0.3, 0.4) is 0 Å². The number of fused-ring (bicyclic) bond motifs is 7. The number of carbonyl (C=O) groups excluding carboxylic acids is 2. The number of aryl methyl sites for hydroxylation is 1. The molecule has 44 heavy (non-hydrogen) atoms. The predicted molar refractivity (Wildman–Crippen MR) is 162 cm³/mol. The number of amides is 1. The largest absolute Gasteiger partial charge is 0.497 e. The van der Waals surface area contributed by atoms with Crippen molar-refractivity contribution in [3.8, 4) is 11.6 Å². The van der Waals surface area contributed by atoms with Gasteiger partial charge in [-0.2, -0.15) is 0 Å². The third kappa shape index (κ3) is 5.96. The second-order valence-electron chi connectivity index (χ2n) is 14.4. The molecule has 3 fully saturated rings. The summed E-state index contributed by atoms with van der Waals surface area (Å²) < 4.78 is 18.0. The number of nitrogens with zero attached hydrogens (tertiary/aromatic N) is 3. The van der Waals surface area contributed by atoms with E-state index in [1.54, 1.807) is 14.0 Å². The Labute approximate surface area is 258 Å². The molecule has 238 valence electrons. The number of hydrogen-bond acceptors (Lipinski definition) is 8. The van der Waals surface area contributed by atoms with Crippen LogP contribution in [-0.2, 0) is 25.5 Å². The van der Waals surface area contributed by atoms with Crippen molar-refractivity contribution in [2.75, 3.05) is 13.7 Å². The molecule has 10 heteroatoms. The lowest BCUT2D eigenvalue weighted by atomic mass is 9.77. The molecule has 1 aromatic carbocycles. The molecule has 6 rings (SSSR count). The maximum Gasteiger partial charge on any atom is 0.326 e. The van der Waals surface area contributed by atoms with E-state index in [9.17, 15) is 19.5 Å². The quantitative estimate of drug-likeness (QED) is 0.466. The number of ether oxygens (including phenoxy) is 3. The molecule has 3 heterocycles. The van der Waals surface area contributed by atoms with Gasteiger partial charge in [-0.3, -0.25) is 9.59 Å². The Bertz CT molecular complexity index is 1440. The molecule has 1 amide bonds. The van der Waals surface area contributed by atoms with Crippen LogP contribution >= 0.6 is 0 Å². The maximum absolute atomic E-state index is 14.2. The summed E-state index contributed by atoms with van der Waals surface area (Å²) in [6.45, 7) is 7.61. The number of methoxy groups -OCH3 is 1. The fourth-order valence-corrected chi connectivity index (χ4v) is 7.82. The zero-order valence-electron chi connectivity index (χ0n) is 26.5. The van der Waals surface area contributed by atoms with E-state index in [-0.39, 0.29) is 30.9 Å². The van der Waals surface area contributed by atoms with E-state index in [4.69, 9.17) is 24.2 Å². The minimum Gasteiger partial charge on any atom is -0.497 e. The summed E-state index contributed by atoms with van der Waals surface area (Å²) in [6, 6.07) is 4.44. The number of carboxylic acids is 1. The Morgan fingerprint density at radius 3 is 2.55 bits per heavy atom. The summed E-state index contributed by atoms with van der Waals surface area (Å²) >= 11 is 0. The monoisotopic (exact) mass is 607 g/mol. The first kappa shape index (κ1) is 30.6. The van der Waals surface area contributed by atoms with Crippen LogP contribution in [0.1, 0.15) is 78.3 Å². The lowest BCUT2D eigenvalue weighted by Crippen LogP contribution is -2.48. The Hall–Kier alpha value is -3.43. The highest BCUT2D eigenvalue weighted by Crippen LogP contribution is 2.58. The molecule has 4 aliphatic rings. The highest BCUT2D eigenvalue weighted by atomic mass is 16.5. The van der Waals surface area contributed by atoms with Crippen LogP contribution in [0, 0.1) is 35.0 Å². The van der Waals surface area contributed by atoms with Crippen molar-refractivity contribution in [2.24, 2.45) is 35.0 Å². The molecule has 2 aliphatic heterocycles. The second-order valence-corrected chi connectivity index (χ2v) is 14.4. The van der Waals surface area contributed by atoms with Crippen LogP contribution < -0.4 is 9.47 Å². The standard InChI is InChI=1S/C34H45N3O7/c1-18-28-17-37(30(18)33(40)41)32(39)23(34(2,3)4)16-29(38)43-27-14-19-13-22(19)21(27)9-7-6-8-10-25-31(44-28)36-26-15-20(42-5)11-12-24(26)35-25/h11-12,15,18-19,21-23,27-28,30H,6-10,13-14,16-17H2,1-5H3,(H,40,41)/t18-,19+,21-,22+,23-,27-,28+,30+/m1/s1. The molecule has 1 saturated heterocycles. The van der Waals surface area contributed by atoms with E-state index in [0.717, 1.165) is 43.3 Å². The van der Waals surface area contributed by atoms with E-state index in [0.29, 0.717) is 41.3 Å². The lowest BCUT2D eigenvalue weighted by molar-refractivity contribution is -0.160. The molecular formula is C34H45N3O7. The summed E-state index contributed by atoms with van der Waals surface area (Å²) in [5.74, 6) is -0.437. The molecule has 8 atom stereocenters. The van der Waals surface area contributed by atoms with Gasteiger partial charge in [-0.25, -0.2) is 14.8 Å². The summed E-state index contributed by atoms with van der Waals surface area (Å²) in [4.78, 5) is 51.3. The minimum atomic E-state index is -1.10. The van der Waals surface area contributed by atoms with Gasteiger partial charge in [-0.05, 0) is 67.4 Å². The number of esters is 1. The molecular weight excluding hydrogens is 562 g/mol. The number of hydrogen-bond donors (Lipinski definition) is 1. The molecule has 0 spiro atoms. The molecule has 2 saturated carbocycles. The molecule has 2 aromatic rings. The van der Waals surface area contributed by atoms with E-state index >= 15 is 0 Å². The number of benzene rings is 1. The zero-order chi connectivity index (χ0) is 31.3. The number of carbonyl (C=O) groups is 3. The molecule has 1 N–H and O–H groups in total. The van der Waals surface area contributed by atoms with E-state index < -0.39 is 35.4 Å². The summed E-state index contributed by atoms with van der Waals surface area (Å²) in [5, 5.41) is 10.3. The van der Waals surface area contributed by atoms with E-state index in [1.807, 2.05) is 39.0 Å². The second kappa shape index (κ2) is 11.8. The number of aromatic nitrogens is 2. The number of aliphatic carboxylic acids is 1. The molecule has 0 radical (unpaired) electrons. The highest BCUT2D eigenvalue weighted by molar-refractivity contribution is 5.89. The third-order valence-corrected chi connectivity index (χ3v) is 10.5. The van der Waals surface area contributed by atoms with Crippen LogP contribution in [0.25, 0.3) is 11.0 Å². The average molecular weight is 608 g/mol. The van der Waals surface area contributed by atoms with Crippen LogP contribution in [-0.4, -0.2) is 69.7 Å². The first-order valence-corrected chi connectivity index (χ1v) is 16.2. The first-order chi connectivity index (χ1) is 20.9. The van der Waals surface area contributed by atoms with Crippen molar-refractivity contribution >= 4 is 28.9 Å². The van der Waals surface area contributed by atoms with Crippen molar-refractivity contribution in [3.63, 3.8) is 0 Å². The van der Waals surface area contributed by atoms with Crippen molar-refractivity contribution in [2.45, 2.75) is 97.3 Å². The Morgan fingerprint density at radius 2 is 1.82 bits per heavy atom. The van der Waals surface area contributed by atoms with Gasteiger partial charge >= 0.3 is 11.9 Å². The summed E-state index contributed by atoms with van der Waals surface area (Å²) in [5.41, 5.74) is 1.50. The van der Waals surface area contributed by atoms with Crippen molar-refractivity contribution < 1.29 is 33.7 Å². The fraction of sp³-hybridized carbons (Fsp3) is 0.676. The average Bonchev–Trinajstić information content (AvgIpc) is 3.53. The predicted octanol–water partition coefficient (Wildman–Crippen LogP) is 5.05. The molecule has 2 aliphatic carbocycles. The SMILES string of the molecule is COc1ccc2nc3c(nc2c1)O[C@H]1CN(C(=O)[C@H](C(C)(C)C)CC(=O)O[C@@H]2C[C@@H]4C[C@@H]4[C@H]2CCCCC3)[C@H](C(=O)O)[C@@H]1C. The van der Waals surface area contributed by atoms with Crippen LogP contribution in [0.2, 0.25) is 0 Å². The van der Waals surface area contributed by atoms with Gasteiger partial charge in [0.15, 0.2) is 0 Å². The van der Waals surface area contributed by atoms with Gasteiger partial charge in [-0.15, -0.1) is 0 Å². The first-order valence-electron chi connectivity index (χ1n) is 16.2. The molecule has 1 aromatic heterocycles. The minimum absolute atomic E-state index is 0.0733. The zero-order valence-corrected chi connectivity index (χ0v) is 26.5. The number of rotatable bonds is 2. The van der Waals surface area contributed by atoms with Crippen molar-refractivity contribution in [1.82, 2.24) is 14.9 Å². The van der Waals surface area contributed by atoms with Gasteiger partial charge < -0.3 is 24.2 Å². The third-order valence-electron chi connectivity index (χ3n) is 10.5. The van der Waals surface area contributed by atoms with Crippen LogP contribution in [0.4, 0.5) is 0 Å². The fourth-order valence-electron chi connectivity index (χ4n) is 7.82. The van der Waals surface area contributed by atoms with Crippen molar-refractivity contribution in [1.29, 1.82) is 0 Å². The molecule has 10 nitrogen and oxygen atoms in total. The highest BCUT2D eigenvalue weighted by Gasteiger charge is 2.55. The van der Waals surface area contributed by atoms with Gasteiger partial charge in [0, 0.05) is 12.0 Å². The molecule has 2 bridgehead atoms. The summed E-state index contributed by atoms with van der Waals surface area (Å²) in [6.07, 6.45) is 5.93. The smallest absolute Gasteiger partial charge is 0.326 e. The Balaban J connectivity index is 1.36. The van der Waals surface area contributed by atoms with Crippen LogP contribution in [0.5, 0.6) is 11.6 Å². The van der Waals surface area contributed by atoms with Gasteiger partial charge in [0.05, 0.1) is 37.0 Å². The van der Waals surface area contributed by atoms with Gasteiger partial charge in [0.25, 0.3) is 0 Å². The van der Waals surface area contributed by atoms with Gasteiger partial charge in [-0.1, -0.05) is 40.5 Å². The van der Waals surface area contributed by atoms with Crippen molar-refractivity contribution in [3.05, 3.63) is 23.9 Å². The van der Waals surface area contributed by atoms with Gasteiger partial charge in [0.1, 0.15) is 29.7 Å². The Morgan fingerprint density at radius 1 is 1.02 bits per heavy atom. The van der Waals surface area contributed by atoms with Gasteiger partial charge in [0.2, 0.25) is 11.8 Å². The lowest BCUT2D eigenvalue weighted by Gasteiger charge is -2.34. The molecule has 0 unspecified atom stereocenters. The normalized spacial score (nSPS) is 32.9. The Kier molecular flexibility index (Phi) is 8.22. The maximum atomic E-state index is 14.2. The summed E-state index contributed by atoms with van der Waals surface area (Å²) in [7, 11) is 1.60. The van der Waals surface area contributed by atoms with E-state index in [2.05, 4.69) is 0 Å².